The molecular formula is C13H12BrClN2OS. The van der Waals surface area contributed by atoms with Gasteiger partial charge in [0.15, 0.2) is 0 Å². The van der Waals surface area contributed by atoms with Crippen molar-refractivity contribution in [3.8, 4) is 0 Å². The minimum atomic E-state index is -0.207. The third-order valence-corrected chi connectivity index (χ3v) is 4.02. The number of nitrogens with zero attached hydrogens (tertiary/aromatic N) is 1. The van der Waals surface area contributed by atoms with E-state index in [1.54, 1.807) is 23.6 Å². The van der Waals surface area contributed by atoms with Gasteiger partial charge in [0, 0.05) is 16.7 Å². The van der Waals surface area contributed by atoms with Crippen LogP contribution in [0.5, 0.6) is 0 Å². The van der Waals surface area contributed by atoms with Crippen molar-refractivity contribution in [2.24, 2.45) is 0 Å². The second-order valence-electron chi connectivity index (χ2n) is 4.20. The zero-order chi connectivity index (χ0) is 13.8. The maximum Gasteiger partial charge on any atom is 0.254 e. The number of rotatable bonds is 4. The molecule has 2 aromatic rings. The van der Waals surface area contributed by atoms with Crippen LogP contribution in [-0.2, 0) is 6.42 Å². The van der Waals surface area contributed by atoms with E-state index in [-0.39, 0.29) is 17.1 Å². The van der Waals surface area contributed by atoms with Crippen molar-refractivity contribution in [2.75, 3.05) is 0 Å². The first-order chi connectivity index (χ1) is 9.06. The molecule has 1 N–H and O–H groups in total. The number of nitrogens with one attached hydrogen (secondary N) is 1. The van der Waals surface area contributed by atoms with Gasteiger partial charge in [0.2, 0.25) is 0 Å². The van der Waals surface area contributed by atoms with Crippen molar-refractivity contribution in [2.45, 2.75) is 19.4 Å². The Hall–Kier alpha value is -0.910. The van der Waals surface area contributed by atoms with E-state index in [2.05, 4.69) is 37.7 Å². The maximum atomic E-state index is 12.1. The molecule has 0 spiro atoms. The third-order valence-electron chi connectivity index (χ3n) is 2.55. The van der Waals surface area contributed by atoms with Crippen LogP contribution in [0.2, 0.25) is 5.15 Å². The fourth-order valence-corrected chi connectivity index (χ4v) is 2.90. The molecule has 0 aliphatic heterocycles. The zero-order valence-corrected chi connectivity index (χ0v) is 13.3. The van der Waals surface area contributed by atoms with Crippen molar-refractivity contribution in [3.05, 3.63) is 49.8 Å². The summed E-state index contributed by atoms with van der Waals surface area (Å²) in [4.78, 5) is 16.0. The summed E-state index contributed by atoms with van der Waals surface area (Å²) in [6, 6.07) is 3.76. The van der Waals surface area contributed by atoms with Gasteiger partial charge in [0.25, 0.3) is 5.91 Å². The highest BCUT2D eigenvalue weighted by atomic mass is 79.9. The number of carbonyl (C=O) groups is 1. The predicted octanol–water partition coefficient (Wildman–Crippen LogP) is 3.92. The molecule has 0 saturated heterocycles. The molecule has 0 bridgehead atoms. The van der Waals surface area contributed by atoms with Crippen LogP contribution in [0.25, 0.3) is 0 Å². The molecule has 1 atom stereocenters. The molecule has 2 rings (SSSR count). The average molecular weight is 360 g/mol. The summed E-state index contributed by atoms with van der Waals surface area (Å²) in [6.07, 6.45) is 2.36. The summed E-state index contributed by atoms with van der Waals surface area (Å²) < 4.78 is 0.729. The molecule has 19 heavy (non-hydrogen) atoms. The zero-order valence-electron chi connectivity index (χ0n) is 10.2. The van der Waals surface area contributed by atoms with E-state index >= 15 is 0 Å². The van der Waals surface area contributed by atoms with Gasteiger partial charge in [-0.25, -0.2) is 4.98 Å². The van der Waals surface area contributed by atoms with Crippen LogP contribution in [0.3, 0.4) is 0 Å². The van der Waals surface area contributed by atoms with Crippen LogP contribution < -0.4 is 5.32 Å². The number of hydrogen-bond donors (Lipinski definition) is 1. The van der Waals surface area contributed by atoms with Crippen molar-refractivity contribution >= 4 is 44.8 Å². The fourth-order valence-electron chi connectivity index (χ4n) is 1.70. The molecule has 1 unspecified atom stereocenters. The molecule has 0 saturated carbocycles. The van der Waals surface area contributed by atoms with Crippen LogP contribution in [0, 0.1) is 0 Å². The van der Waals surface area contributed by atoms with E-state index in [1.165, 1.54) is 5.56 Å². The average Bonchev–Trinajstić information content (AvgIpc) is 2.84. The van der Waals surface area contributed by atoms with Crippen LogP contribution in [0.4, 0.5) is 0 Å². The van der Waals surface area contributed by atoms with Gasteiger partial charge in [-0.15, -0.1) is 0 Å². The molecule has 0 aliphatic carbocycles. The summed E-state index contributed by atoms with van der Waals surface area (Å²) in [6.45, 7) is 1.97. The largest absolute Gasteiger partial charge is 0.349 e. The standard InChI is InChI=1S/C13H12BrClN2OS/c1-8(4-9-2-3-19-7-9)17-13(18)11-5-10(14)6-16-12(11)15/h2-3,5-8H,4H2,1H3,(H,17,18). The second-order valence-corrected chi connectivity index (χ2v) is 6.26. The molecular weight excluding hydrogens is 348 g/mol. The van der Waals surface area contributed by atoms with Gasteiger partial charge >= 0.3 is 0 Å². The van der Waals surface area contributed by atoms with Gasteiger partial charge in [-0.3, -0.25) is 4.79 Å². The highest BCUT2D eigenvalue weighted by molar-refractivity contribution is 9.10. The summed E-state index contributed by atoms with van der Waals surface area (Å²) in [5.74, 6) is -0.207. The molecule has 2 aromatic heterocycles. The Morgan fingerprint density at radius 3 is 3.11 bits per heavy atom. The molecule has 100 valence electrons. The topological polar surface area (TPSA) is 42.0 Å². The molecule has 0 aromatic carbocycles. The van der Waals surface area contributed by atoms with E-state index in [0.29, 0.717) is 5.56 Å². The Kier molecular flexibility index (Phi) is 4.96. The Balaban J connectivity index is 2.02. The van der Waals surface area contributed by atoms with E-state index in [9.17, 15) is 4.79 Å². The summed E-state index contributed by atoms with van der Waals surface area (Å²) >= 11 is 10.9. The van der Waals surface area contributed by atoms with E-state index < -0.39 is 0 Å². The lowest BCUT2D eigenvalue weighted by atomic mass is 10.1. The van der Waals surface area contributed by atoms with Crippen LogP contribution >= 0.6 is 38.9 Å². The number of pyridine rings is 1. The Morgan fingerprint density at radius 1 is 1.63 bits per heavy atom. The molecule has 6 heteroatoms. The van der Waals surface area contributed by atoms with Crippen LogP contribution in [0.1, 0.15) is 22.8 Å². The highest BCUT2D eigenvalue weighted by Crippen LogP contribution is 2.18. The van der Waals surface area contributed by atoms with Gasteiger partial charge in [-0.2, -0.15) is 11.3 Å². The smallest absolute Gasteiger partial charge is 0.254 e. The van der Waals surface area contributed by atoms with Crippen LogP contribution in [0.15, 0.2) is 33.6 Å². The first-order valence-electron chi connectivity index (χ1n) is 5.69. The predicted molar refractivity (Wildman–Crippen MR) is 81.9 cm³/mol. The van der Waals surface area contributed by atoms with Gasteiger partial charge < -0.3 is 5.32 Å². The summed E-state index contributed by atoms with van der Waals surface area (Å²) in [5.41, 5.74) is 1.60. The summed E-state index contributed by atoms with van der Waals surface area (Å²) in [7, 11) is 0. The molecule has 2 heterocycles. The second kappa shape index (κ2) is 6.50. The fraction of sp³-hybridized carbons (Fsp3) is 0.231. The first kappa shape index (κ1) is 14.5. The lowest BCUT2D eigenvalue weighted by molar-refractivity contribution is 0.0940. The molecule has 0 radical (unpaired) electrons. The maximum absolute atomic E-state index is 12.1. The Morgan fingerprint density at radius 2 is 2.42 bits per heavy atom. The number of thiophene rings is 1. The van der Waals surface area contributed by atoms with Gasteiger partial charge in [0.05, 0.1) is 5.56 Å². The Labute approximate surface area is 129 Å². The minimum absolute atomic E-state index is 0.0390. The van der Waals surface area contributed by atoms with E-state index in [0.717, 1.165) is 10.9 Å². The third kappa shape index (κ3) is 4.03. The van der Waals surface area contributed by atoms with E-state index in [4.69, 9.17) is 11.6 Å². The van der Waals surface area contributed by atoms with Gasteiger partial charge in [-0.05, 0) is 57.7 Å². The minimum Gasteiger partial charge on any atom is -0.349 e. The molecule has 3 nitrogen and oxygen atoms in total. The molecule has 0 aliphatic rings. The van der Waals surface area contributed by atoms with Crippen molar-refractivity contribution in [1.29, 1.82) is 0 Å². The number of carbonyl (C=O) groups excluding carboxylic acids is 1. The van der Waals surface area contributed by atoms with E-state index in [1.807, 2.05) is 12.3 Å². The van der Waals surface area contributed by atoms with Crippen molar-refractivity contribution < 1.29 is 4.79 Å². The van der Waals surface area contributed by atoms with Gasteiger partial charge in [-0.1, -0.05) is 11.6 Å². The molecule has 1 amide bonds. The molecule has 0 fully saturated rings. The van der Waals surface area contributed by atoms with Crippen molar-refractivity contribution in [3.63, 3.8) is 0 Å². The monoisotopic (exact) mass is 358 g/mol. The number of aromatic nitrogens is 1. The van der Waals surface area contributed by atoms with Crippen LogP contribution in [-0.4, -0.2) is 16.9 Å². The quantitative estimate of drug-likeness (QED) is 0.841. The lowest BCUT2D eigenvalue weighted by Gasteiger charge is -2.13. The SMILES string of the molecule is CC(Cc1ccsc1)NC(=O)c1cc(Br)cnc1Cl. The lowest BCUT2D eigenvalue weighted by Crippen LogP contribution is -2.34. The number of hydrogen-bond acceptors (Lipinski definition) is 3. The summed E-state index contributed by atoms with van der Waals surface area (Å²) in [5, 5.41) is 7.24. The normalized spacial score (nSPS) is 12.2. The highest BCUT2D eigenvalue weighted by Gasteiger charge is 2.14. The Bertz CT molecular complexity index is 574. The number of amides is 1. The van der Waals surface area contributed by atoms with Gasteiger partial charge in [0.1, 0.15) is 5.15 Å². The first-order valence-corrected chi connectivity index (χ1v) is 7.80. The van der Waals surface area contributed by atoms with Crippen molar-refractivity contribution in [1.82, 2.24) is 10.3 Å². The number of halogens is 2.